The third-order valence-electron chi connectivity index (χ3n) is 2.68. The number of rotatable bonds is 9. The van der Waals surface area contributed by atoms with Gasteiger partial charge < -0.3 is 19.9 Å². The summed E-state index contributed by atoms with van der Waals surface area (Å²) in [6.45, 7) is 5.96. The van der Waals surface area contributed by atoms with Crippen molar-refractivity contribution >= 4 is 0 Å². The first-order valence-corrected chi connectivity index (χ1v) is 6.82. The number of hydrogen-bond acceptors (Lipinski definition) is 4. The molecule has 0 unspecified atom stereocenters. The quantitative estimate of drug-likeness (QED) is 0.674. The van der Waals surface area contributed by atoms with E-state index in [0.717, 1.165) is 43.0 Å². The number of hydrogen-bond donors (Lipinski definition) is 2. The predicted octanol–water partition coefficient (Wildman–Crippen LogP) is 2.34. The van der Waals surface area contributed by atoms with Gasteiger partial charge in [0.15, 0.2) is 11.5 Å². The molecule has 0 aliphatic heterocycles. The lowest BCUT2D eigenvalue weighted by molar-refractivity contribution is 0.230. The molecule has 4 heteroatoms. The Labute approximate surface area is 115 Å². The molecule has 0 radical (unpaired) electrons. The van der Waals surface area contributed by atoms with Gasteiger partial charge in [-0.2, -0.15) is 0 Å². The lowest BCUT2D eigenvalue weighted by Gasteiger charge is -2.14. The van der Waals surface area contributed by atoms with Gasteiger partial charge >= 0.3 is 0 Å². The number of benzene rings is 1. The predicted molar refractivity (Wildman–Crippen MR) is 76.8 cm³/mol. The van der Waals surface area contributed by atoms with Crippen LogP contribution in [0.5, 0.6) is 11.5 Å². The van der Waals surface area contributed by atoms with Crippen LogP contribution in [0.15, 0.2) is 18.2 Å². The van der Waals surface area contributed by atoms with Gasteiger partial charge in [-0.3, -0.25) is 0 Å². The third-order valence-corrected chi connectivity index (χ3v) is 2.68. The number of ether oxygens (including phenoxy) is 2. The first-order chi connectivity index (χ1) is 9.17. The van der Waals surface area contributed by atoms with Gasteiger partial charge in [-0.05, 0) is 50.9 Å². The van der Waals surface area contributed by atoms with Crippen LogP contribution >= 0.6 is 0 Å². The first kappa shape index (κ1) is 15.8. The van der Waals surface area contributed by atoms with Gasteiger partial charge in [0.1, 0.15) is 0 Å². The lowest BCUT2D eigenvalue weighted by Crippen LogP contribution is -2.15. The first-order valence-electron chi connectivity index (χ1n) is 6.82. The molecule has 1 rings (SSSR count). The topological polar surface area (TPSA) is 50.7 Å². The van der Waals surface area contributed by atoms with Crippen LogP contribution < -0.4 is 14.8 Å². The molecule has 1 aromatic rings. The Morgan fingerprint density at radius 2 is 2.00 bits per heavy atom. The molecule has 0 aromatic heterocycles. The van der Waals surface area contributed by atoms with E-state index in [1.165, 1.54) is 0 Å². The van der Waals surface area contributed by atoms with Crippen molar-refractivity contribution in [1.82, 2.24) is 5.32 Å². The minimum Gasteiger partial charge on any atom is -0.493 e. The Bertz CT molecular complexity index is 366. The third kappa shape index (κ3) is 5.94. The smallest absolute Gasteiger partial charge is 0.161 e. The molecule has 0 saturated carbocycles. The van der Waals surface area contributed by atoms with Crippen molar-refractivity contribution in [3.8, 4) is 11.5 Å². The van der Waals surface area contributed by atoms with E-state index in [2.05, 4.69) is 5.32 Å². The lowest BCUT2D eigenvalue weighted by atomic mass is 10.2. The molecule has 1 aromatic carbocycles. The number of nitrogens with one attached hydrogen (secondary N) is 1. The molecule has 0 amide bonds. The summed E-state index contributed by atoms with van der Waals surface area (Å²) in [5.74, 6) is 1.55. The highest BCUT2D eigenvalue weighted by molar-refractivity contribution is 5.43. The van der Waals surface area contributed by atoms with E-state index in [4.69, 9.17) is 14.6 Å². The molecule has 0 fully saturated rings. The largest absolute Gasteiger partial charge is 0.493 e. The highest BCUT2D eigenvalue weighted by Crippen LogP contribution is 2.28. The van der Waals surface area contributed by atoms with Crippen molar-refractivity contribution in [2.75, 3.05) is 20.3 Å². The Morgan fingerprint density at radius 3 is 2.63 bits per heavy atom. The van der Waals surface area contributed by atoms with E-state index in [1.54, 1.807) is 7.11 Å². The Kier molecular flexibility index (Phi) is 7.30. The molecule has 108 valence electrons. The highest BCUT2D eigenvalue weighted by Gasteiger charge is 2.07. The van der Waals surface area contributed by atoms with Crippen molar-refractivity contribution in [2.45, 2.75) is 39.3 Å². The van der Waals surface area contributed by atoms with Crippen LogP contribution in [0, 0.1) is 0 Å². The summed E-state index contributed by atoms with van der Waals surface area (Å²) in [5, 5.41) is 12.0. The van der Waals surface area contributed by atoms with Crippen molar-refractivity contribution in [3.05, 3.63) is 23.8 Å². The van der Waals surface area contributed by atoms with Gasteiger partial charge in [0, 0.05) is 13.2 Å². The van der Waals surface area contributed by atoms with Gasteiger partial charge in [0.2, 0.25) is 0 Å². The van der Waals surface area contributed by atoms with Gasteiger partial charge in [0.25, 0.3) is 0 Å². The van der Waals surface area contributed by atoms with Crippen LogP contribution in [0.1, 0.15) is 32.3 Å². The number of aliphatic hydroxyl groups is 1. The molecule has 4 nitrogen and oxygen atoms in total. The molecule has 0 aliphatic carbocycles. The SMILES string of the molecule is COc1cc(CNCCCCO)ccc1OC(C)C. The average molecular weight is 267 g/mol. The summed E-state index contributed by atoms with van der Waals surface area (Å²) in [6, 6.07) is 5.99. The fourth-order valence-corrected chi connectivity index (χ4v) is 1.77. The second-order valence-corrected chi connectivity index (χ2v) is 4.76. The molecule has 0 atom stereocenters. The zero-order chi connectivity index (χ0) is 14.1. The van der Waals surface area contributed by atoms with E-state index >= 15 is 0 Å². The van der Waals surface area contributed by atoms with Crippen LogP contribution in [-0.2, 0) is 6.54 Å². The summed E-state index contributed by atoms with van der Waals surface area (Å²) in [4.78, 5) is 0. The summed E-state index contributed by atoms with van der Waals surface area (Å²) >= 11 is 0. The molecule has 0 spiro atoms. The molecule has 0 bridgehead atoms. The van der Waals surface area contributed by atoms with Crippen LogP contribution in [0.4, 0.5) is 0 Å². The molecule has 19 heavy (non-hydrogen) atoms. The van der Waals surface area contributed by atoms with Crippen molar-refractivity contribution in [1.29, 1.82) is 0 Å². The maximum atomic E-state index is 8.70. The van der Waals surface area contributed by atoms with Crippen molar-refractivity contribution < 1.29 is 14.6 Å². The highest BCUT2D eigenvalue weighted by atomic mass is 16.5. The Morgan fingerprint density at radius 1 is 1.21 bits per heavy atom. The van der Waals surface area contributed by atoms with E-state index < -0.39 is 0 Å². The monoisotopic (exact) mass is 267 g/mol. The Balaban J connectivity index is 2.51. The van der Waals surface area contributed by atoms with Crippen LogP contribution in [0.25, 0.3) is 0 Å². The molecular formula is C15H25NO3. The van der Waals surface area contributed by atoms with Gasteiger partial charge in [-0.25, -0.2) is 0 Å². The minimum absolute atomic E-state index is 0.136. The van der Waals surface area contributed by atoms with Gasteiger partial charge in [-0.15, -0.1) is 0 Å². The summed E-state index contributed by atoms with van der Waals surface area (Å²) in [6.07, 6.45) is 1.97. The molecule has 0 saturated heterocycles. The maximum Gasteiger partial charge on any atom is 0.161 e. The molecule has 2 N–H and O–H groups in total. The van der Waals surface area contributed by atoms with E-state index in [0.29, 0.717) is 0 Å². The standard InChI is InChI=1S/C15H25NO3/c1-12(2)19-14-7-6-13(10-15(14)18-3)11-16-8-4-5-9-17/h6-7,10,12,16-17H,4-5,8-9,11H2,1-3H3. The molecular weight excluding hydrogens is 242 g/mol. The van der Waals surface area contributed by atoms with E-state index in [-0.39, 0.29) is 12.7 Å². The fraction of sp³-hybridized carbons (Fsp3) is 0.600. The van der Waals surface area contributed by atoms with Crippen LogP contribution in [0.2, 0.25) is 0 Å². The van der Waals surface area contributed by atoms with Crippen LogP contribution in [0.3, 0.4) is 0 Å². The van der Waals surface area contributed by atoms with E-state index in [9.17, 15) is 0 Å². The number of methoxy groups -OCH3 is 1. The zero-order valence-electron chi connectivity index (χ0n) is 12.1. The Hall–Kier alpha value is -1.26. The van der Waals surface area contributed by atoms with Crippen LogP contribution in [-0.4, -0.2) is 31.5 Å². The zero-order valence-corrected chi connectivity index (χ0v) is 12.1. The number of unbranched alkanes of at least 4 members (excludes halogenated alkanes) is 1. The second-order valence-electron chi connectivity index (χ2n) is 4.76. The summed E-state index contributed by atoms with van der Waals surface area (Å²) < 4.78 is 11.0. The summed E-state index contributed by atoms with van der Waals surface area (Å²) in [7, 11) is 1.65. The van der Waals surface area contributed by atoms with Crippen molar-refractivity contribution in [3.63, 3.8) is 0 Å². The van der Waals surface area contributed by atoms with Crippen molar-refractivity contribution in [2.24, 2.45) is 0 Å². The second kappa shape index (κ2) is 8.77. The normalized spacial score (nSPS) is 10.8. The van der Waals surface area contributed by atoms with Gasteiger partial charge in [0.05, 0.1) is 13.2 Å². The minimum atomic E-state index is 0.136. The fourth-order valence-electron chi connectivity index (χ4n) is 1.77. The summed E-state index contributed by atoms with van der Waals surface area (Å²) in [5.41, 5.74) is 1.16. The number of aliphatic hydroxyl groups excluding tert-OH is 1. The maximum absolute atomic E-state index is 8.70. The van der Waals surface area contributed by atoms with Gasteiger partial charge in [-0.1, -0.05) is 6.07 Å². The van der Waals surface area contributed by atoms with E-state index in [1.807, 2.05) is 32.0 Å². The average Bonchev–Trinajstić information content (AvgIpc) is 2.39. The molecule has 0 aliphatic rings. The molecule has 0 heterocycles.